The van der Waals surface area contributed by atoms with Crippen molar-refractivity contribution >= 4 is 95.8 Å². The SMILES string of the molecule is CON=C(C(=O)N[C@@H]1C(=O)N2C(C(=O)O)=C(CSc3nnnn3C)CS[C@H]12)c1c[se]c(N)n1.[NaH]. The van der Waals surface area contributed by atoms with Crippen LogP contribution in [-0.2, 0) is 26.3 Å². The number of carbonyl (C=O) groups is 3. The normalized spacial score (nSPS) is 19.8. The molecule has 2 aliphatic heterocycles. The van der Waals surface area contributed by atoms with E-state index in [-0.39, 0.29) is 61.2 Å². The molecule has 176 valence electrons. The molecule has 2 amide bonds. The van der Waals surface area contributed by atoms with Crippen molar-refractivity contribution in [1.82, 2.24) is 35.4 Å². The summed E-state index contributed by atoms with van der Waals surface area (Å²) in [5.41, 5.74) is 6.35. The number of carbonyl (C=O) groups excluding carboxylic acids is 2. The van der Waals surface area contributed by atoms with Gasteiger partial charge in [-0.05, 0) is 10.4 Å². The number of nitrogens with two attached hydrogens (primary N) is 1. The first-order valence-corrected chi connectivity index (χ1v) is 13.1. The van der Waals surface area contributed by atoms with E-state index in [0.29, 0.717) is 26.9 Å². The van der Waals surface area contributed by atoms with Crippen LogP contribution in [0.15, 0.2) is 26.5 Å². The number of oxime groups is 1. The molecule has 2 aromatic heterocycles. The van der Waals surface area contributed by atoms with E-state index in [1.165, 1.54) is 40.2 Å². The first-order chi connectivity index (χ1) is 15.8. The average Bonchev–Trinajstić information content (AvgIpc) is 3.40. The van der Waals surface area contributed by atoms with Gasteiger partial charge in [-0.25, -0.2) is 4.68 Å². The molecule has 4 N–H and O–H groups in total. The molecule has 0 bridgehead atoms. The van der Waals surface area contributed by atoms with Crippen LogP contribution in [0.1, 0.15) is 5.69 Å². The summed E-state index contributed by atoms with van der Waals surface area (Å²) in [6, 6.07) is -0.912. The number of hydrogen-bond acceptors (Lipinski definition) is 12. The number of anilines is 1. The van der Waals surface area contributed by atoms with Gasteiger partial charge in [0, 0.05) is 7.05 Å². The van der Waals surface area contributed by atoms with Crippen LogP contribution in [0.3, 0.4) is 0 Å². The third-order valence-corrected chi connectivity index (χ3v) is 8.51. The number of aliphatic carboxylic acids is 1. The summed E-state index contributed by atoms with van der Waals surface area (Å²) >= 11 is 2.44. The number of nitrogens with zero attached hydrogens (tertiary/aromatic N) is 7. The molecule has 34 heavy (non-hydrogen) atoms. The van der Waals surface area contributed by atoms with E-state index in [4.69, 9.17) is 10.6 Å². The molecule has 4 rings (SSSR count). The van der Waals surface area contributed by atoms with Gasteiger partial charge in [-0.1, -0.05) is 0 Å². The standard InChI is InChI=1S/C16H17N9O5S2Se.Na.H/c1-24-16(20-22-23-24)32-4-6-3-31-13-9(12(27)25(13)10(6)14(28)29)19-11(26)8(21-30-2)7-5-33-15(17)18-7;;/h5,9,13H,3-4H2,1-2H3,(H2,17,18)(H,19,26)(H,28,29);;/t9-,13-;;/m1../s1. The number of aryl methyl sites for hydroxylation is 1. The van der Waals surface area contributed by atoms with Crippen molar-refractivity contribution in [3.05, 3.63) is 21.9 Å². The van der Waals surface area contributed by atoms with Crippen LogP contribution >= 0.6 is 23.5 Å². The fraction of sp³-hybridized carbons (Fsp3) is 0.375. The Morgan fingerprint density at radius 2 is 2.26 bits per heavy atom. The summed E-state index contributed by atoms with van der Waals surface area (Å²) in [4.78, 5) is 49.4. The summed E-state index contributed by atoms with van der Waals surface area (Å²) in [5.74, 6) is -1.72. The molecule has 1 fully saturated rings. The summed E-state index contributed by atoms with van der Waals surface area (Å²) in [5, 5.41) is 27.2. The Kier molecular flexibility index (Phi) is 8.83. The van der Waals surface area contributed by atoms with Crippen LogP contribution in [0, 0.1) is 0 Å². The van der Waals surface area contributed by atoms with Crippen LogP contribution in [0.25, 0.3) is 0 Å². The predicted molar refractivity (Wildman–Crippen MR) is 125 cm³/mol. The fourth-order valence-electron chi connectivity index (χ4n) is 3.19. The summed E-state index contributed by atoms with van der Waals surface area (Å²) in [6.07, 6.45) is 0. The van der Waals surface area contributed by atoms with E-state index in [2.05, 4.69) is 31.0 Å². The number of thioether (sulfide) groups is 2. The van der Waals surface area contributed by atoms with Gasteiger partial charge in [0.25, 0.3) is 0 Å². The zero-order valence-corrected chi connectivity index (χ0v) is 20.5. The van der Waals surface area contributed by atoms with Gasteiger partial charge >= 0.3 is 198 Å². The number of nitrogen functional groups attached to an aromatic ring is 1. The predicted octanol–water partition coefficient (Wildman–Crippen LogP) is -2.52. The van der Waals surface area contributed by atoms with Crippen molar-refractivity contribution in [2.75, 3.05) is 24.3 Å². The first-order valence-electron chi connectivity index (χ1n) is 9.20. The molecular formula is C16H18N9NaO5S2Se. The van der Waals surface area contributed by atoms with E-state index < -0.39 is 29.2 Å². The van der Waals surface area contributed by atoms with E-state index in [1.807, 2.05) is 0 Å². The Balaban J connectivity index is 0.00000324. The molecule has 0 radical (unpaired) electrons. The molecule has 2 aromatic rings. The molecule has 2 aliphatic rings. The van der Waals surface area contributed by atoms with Gasteiger partial charge < -0.3 is 0 Å². The molecule has 1 saturated heterocycles. The van der Waals surface area contributed by atoms with Crippen LogP contribution in [0.4, 0.5) is 4.69 Å². The van der Waals surface area contributed by atoms with E-state index in [0.717, 1.165) is 0 Å². The monoisotopic (exact) mass is 583 g/mol. The third-order valence-electron chi connectivity index (χ3n) is 4.66. The Hall–Kier alpha value is -1.88. The first kappa shape index (κ1) is 26.7. The van der Waals surface area contributed by atoms with Crippen molar-refractivity contribution in [2.45, 2.75) is 16.6 Å². The number of tetrazole rings is 1. The van der Waals surface area contributed by atoms with Gasteiger partial charge in [0.05, 0.1) is 0 Å². The van der Waals surface area contributed by atoms with Crippen molar-refractivity contribution < 1.29 is 24.3 Å². The van der Waals surface area contributed by atoms with Gasteiger partial charge in [-0.15, -0.1) is 5.10 Å². The minimum atomic E-state index is -1.21. The van der Waals surface area contributed by atoms with E-state index in [1.54, 1.807) is 12.0 Å². The average molecular weight is 582 g/mol. The second kappa shape index (κ2) is 11.2. The number of hydrogen-bond donors (Lipinski definition) is 3. The van der Waals surface area contributed by atoms with Crippen LogP contribution < -0.4 is 11.1 Å². The number of β-lactam (4-membered cyclic amide) rings is 1. The number of amides is 2. The Morgan fingerprint density at radius 1 is 1.50 bits per heavy atom. The topological polar surface area (TPSA) is 191 Å². The molecule has 14 nitrogen and oxygen atoms in total. The molecule has 0 unspecified atom stereocenters. The number of carboxylic acid groups (broad SMARTS) is 1. The number of aromatic nitrogens is 5. The van der Waals surface area contributed by atoms with Gasteiger partial charge in [-0.2, -0.15) is 0 Å². The second-order valence-corrected chi connectivity index (χ2v) is 10.6. The van der Waals surface area contributed by atoms with Gasteiger partial charge in [0.15, 0.2) is 0 Å². The van der Waals surface area contributed by atoms with Crippen molar-refractivity contribution in [2.24, 2.45) is 12.2 Å². The Bertz CT molecular complexity index is 1190. The molecule has 2 atom stereocenters. The molecule has 0 aliphatic carbocycles. The maximum absolute atomic E-state index is 12.9. The van der Waals surface area contributed by atoms with Gasteiger partial charge in [0.1, 0.15) is 0 Å². The summed E-state index contributed by atoms with van der Waals surface area (Å²) in [6.45, 7) is 0. The quantitative estimate of drug-likeness (QED) is 0.0975. The van der Waals surface area contributed by atoms with Crippen molar-refractivity contribution in [3.8, 4) is 0 Å². The molecule has 0 saturated carbocycles. The molecule has 0 spiro atoms. The summed E-state index contributed by atoms with van der Waals surface area (Å²) < 4.78 is 1.87. The zero-order valence-electron chi connectivity index (χ0n) is 17.2. The Morgan fingerprint density at radius 3 is 2.85 bits per heavy atom. The van der Waals surface area contributed by atoms with Crippen molar-refractivity contribution in [3.63, 3.8) is 0 Å². The fourth-order valence-corrected chi connectivity index (χ4v) is 6.68. The van der Waals surface area contributed by atoms with Crippen molar-refractivity contribution in [1.29, 1.82) is 0 Å². The molecule has 4 heterocycles. The number of nitrogens with one attached hydrogen (secondary N) is 1. The number of carboxylic acids is 1. The Labute approximate surface area is 229 Å². The molecule has 18 heteroatoms. The maximum atomic E-state index is 12.9. The molecular weight excluding hydrogens is 564 g/mol. The second-order valence-electron chi connectivity index (χ2n) is 6.69. The molecule has 0 aromatic carbocycles. The number of fused-ring (bicyclic) bond motifs is 1. The van der Waals surface area contributed by atoms with Crippen LogP contribution in [0.2, 0.25) is 0 Å². The number of rotatable bonds is 8. The third kappa shape index (κ3) is 5.19. The zero-order chi connectivity index (χ0) is 23.7. The van der Waals surface area contributed by atoms with Gasteiger partial charge in [0.2, 0.25) is 5.16 Å². The van der Waals surface area contributed by atoms with Crippen LogP contribution in [0.5, 0.6) is 0 Å². The van der Waals surface area contributed by atoms with E-state index >= 15 is 0 Å². The summed E-state index contributed by atoms with van der Waals surface area (Å²) in [7, 11) is 2.96. The minimum absolute atomic E-state index is 0. The van der Waals surface area contributed by atoms with Gasteiger partial charge in [-0.3, -0.25) is 0 Å². The van der Waals surface area contributed by atoms with E-state index in [9.17, 15) is 19.5 Å². The van der Waals surface area contributed by atoms with Crippen LogP contribution in [-0.4, -0.2) is 133 Å².